The van der Waals surface area contributed by atoms with Crippen LogP contribution in [-0.4, -0.2) is 126 Å². The van der Waals surface area contributed by atoms with Gasteiger partial charge in [0.2, 0.25) is 5.95 Å². The van der Waals surface area contributed by atoms with Crippen LogP contribution in [0.2, 0.25) is 0 Å². The van der Waals surface area contributed by atoms with Crippen LogP contribution in [0.3, 0.4) is 0 Å². The fraction of sp³-hybridized carbons (Fsp3) is 0.688. The average molecular weight is 684 g/mol. The van der Waals surface area contributed by atoms with Gasteiger partial charge in [-0.25, -0.2) is 18.7 Å². The Kier molecular flexibility index (Phi) is 9.97. The molecular weight excluding hydrogens is 657 g/mol. The Morgan fingerprint density at radius 2 is 1.35 bits per heavy atom. The van der Waals surface area contributed by atoms with E-state index in [0.29, 0.717) is 0 Å². The third-order valence-electron chi connectivity index (χ3n) is 6.07. The lowest BCUT2D eigenvalue weighted by atomic mass is 9.99. The quantitative estimate of drug-likeness (QED) is 0.0999. The average Bonchev–Trinajstić information content (AvgIpc) is 3.41. The molecule has 2 fully saturated rings. The number of aliphatic hydroxyl groups excluding tert-OH is 3. The fourth-order valence-electron chi connectivity index (χ4n) is 4.53. The van der Waals surface area contributed by atoms with Crippen molar-refractivity contribution in [3.63, 3.8) is 0 Å². The van der Waals surface area contributed by atoms with E-state index in [-0.39, 0.29) is 22.9 Å². The van der Waals surface area contributed by atoms with Crippen LogP contribution in [0.15, 0.2) is 6.33 Å². The second-order valence-electron chi connectivity index (χ2n) is 9.04. The van der Waals surface area contributed by atoms with E-state index in [2.05, 4.69) is 24.0 Å². The summed E-state index contributed by atoms with van der Waals surface area (Å²) in [6.45, 7) is -2.07. The van der Waals surface area contributed by atoms with Crippen molar-refractivity contribution >= 4 is 46.4 Å². The molecule has 0 radical (unpaired) electrons. The highest BCUT2D eigenvalue weighted by Crippen LogP contribution is 2.49. The molecule has 0 aliphatic carbocycles. The Hall–Kier alpha value is -1.76. The number of rotatable bonds is 11. The van der Waals surface area contributed by atoms with Crippen molar-refractivity contribution < 1.29 is 86.2 Å². The minimum absolute atomic E-state index is 0.0111. The molecule has 0 bridgehead atoms. The van der Waals surface area contributed by atoms with Crippen molar-refractivity contribution in [1.29, 1.82) is 0 Å². The summed E-state index contributed by atoms with van der Waals surface area (Å²) < 4.78 is 66.6. The van der Waals surface area contributed by atoms with Crippen molar-refractivity contribution in [2.24, 2.45) is 0 Å². The molecule has 24 nitrogen and oxygen atoms in total. The van der Waals surface area contributed by atoms with Gasteiger partial charge >= 0.3 is 23.5 Å². The Morgan fingerprint density at radius 3 is 1.91 bits per heavy atom. The molecule has 4 rings (SSSR count). The molecule has 2 aliphatic heterocycles. The van der Waals surface area contributed by atoms with Crippen molar-refractivity contribution in [3.05, 3.63) is 6.33 Å². The first kappa shape index (κ1) is 34.1. The van der Waals surface area contributed by atoms with E-state index in [0.717, 1.165) is 10.9 Å². The molecule has 0 amide bonds. The van der Waals surface area contributed by atoms with Crippen LogP contribution in [0.5, 0.6) is 0 Å². The summed E-state index contributed by atoms with van der Waals surface area (Å²) >= 11 is 0. The van der Waals surface area contributed by atoms with Crippen LogP contribution in [0, 0.1) is 0 Å². The number of ether oxygens (including phenoxy) is 3. The van der Waals surface area contributed by atoms with E-state index in [9.17, 15) is 58.4 Å². The van der Waals surface area contributed by atoms with Gasteiger partial charge in [-0.2, -0.15) is 9.97 Å². The van der Waals surface area contributed by atoms with E-state index in [1.54, 1.807) is 0 Å². The minimum Gasteiger partial charge on any atom is -0.394 e. The van der Waals surface area contributed by atoms with E-state index in [1.807, 2.05) is 0 Å². The molecule has 2 saturated heterocycles. The molecule has 0 spiro atoms. The first-order chi connectivity index (χ1) is 19.8. The zero-order valence-corrected chi connectivity index (χ0v) is 23.9. The van der Waals surface area contributed by atoms with Crippen molar-refractivity contribution in [2.45, 2.75) is 55.2 Å². The molecular formula is C16H27N6O18P3. The van der Waals surface area contributed by atoms with E-state index in [4.69, 9.17) is 30.2 Å². The number of aromatic nitrogens is 4. The zero-order valence-electron chi connectivity index (χ0n) is 21.2. The number of imidazole rings is 1. The Balaban J connectivity index is 1.72. The lowest BCUT2D eigenvalue weighted by molar-refractivity contribution is -0.313. The highest BCUT2D eigenvalue weighted by Gasteiger charge is 2.56. The summed E-state index contributed by atoms with van der Waals surface area (Å²) in [6, 6.07) is 0. The highest BCUT2D eigenvalue weighted by atomic mass is 31.2. The van der Waals surface area contributed by atoms with Gasteiger partial charge in [0.15, 0.2) is 24.0 Å². The predicted octanol–water partition coefficient (Wildman–Crippen LogP) is -4.22. The zero-order chi connectivity index (χ0) is 32.1. The third-order valence-corrected chi connectivity index (χ3v) is 7.62. The largest absolute Gasteiger partial charge is 0.470 e. The number of hydrogen-bond acceptors (Lipinski definition) is 17. The summed E-state index contributed by atoms with van der Waals surface area (Å²) in [5.74, 6) is -0.490. The van der Waals surface area contributed by atoms with Crippen LogP contribution in [0.25, 0.3) is 11.2 Å². The molecule has 9 atom stereocenters. The molecule has 2 aromatic rings. The number of nitrogens with zero attached hydrogens (tertiary/aromatic N) is 4. The van der Waals surface area contributed by atoms with Crippen molar-refractivity contribution in [3.8, 4) is 0 Å². The predicted molar refractivity (Wildman–Crippen MR) is 133 cm³/mol. The van der Waals surface area contributed by atoms with Crippen LogP contribution in [0.4, 0.5) is 11.8 Å². The molecule has 0 unspecified atom stereocenters. The van der Waals surface area contributed by atoms with Gasteiger partial charge in [-0.05, 0) is 0 Å². The Morgan fingerprint density at radius 1 is 0.814 bits per heavy atom. The molecule has 43 heavy (non-hydrogen) atoms. The molecule has 4 heterocycles. The molecule has 244 valence electrons. The summed E-state index contributed by atoms with van der Waals surface area (Å²) in [5, 5.41) is 30.7. The second kappa shape index (κ2) is 12.6. The van der Waals surface area contributed by atoms with E-state index >= 15 is 0 Å². The summed E-state index contributed by atoms with van der Waals surface area (Å²) in [4.78, 5) is 68.2. The number of hydrogen-bond donors (Lipinski definition) is 11. The monoisotopic (exact) mass is 684 g/mol. The number of nitrogen functional groups attached to an aromatic ring is 2. The lowest BCUT2D eigenvalue weighted by Gasteiger charge is -2.44. The number of nitrogens with two attached hydrogens (primary N) is 2. The SMILES string of the molecule is Nc1nc(N)c2ncn([C@@H]3O[C@H](CO)[C@@H](O[C@H]4O[C@H](CO)[C@@H](OP(=O)(O)O)[C@H](OP(=O)(O)O)[C@H]4O)[C@H]3OP(=O)(O)O)c2n1. The number of fused-ring (bicyclic) bond motifs is 1. The van der Waals surface area contributed by atoms with E-state index < -0.39 is 91.9 Å². The lowest BCUT2D eigenvalue weighted by Crippen LogP contribution is -2.61. The van der Waals surface area contributed by atoms with Gasteiger partial charge in [-0.1, -0.05) is 0 Å². The summed E-state index contributed by atoms with van der Waals surface area (Å²) in [7, 11) is -16.4. The standard InChI is InChI=1S/C16H27N6O18P3/c17-12-6-13(21-16(18)20-12)22(3-19-6)14-11(40-43(32,33)34)8(4(1-23)35-14)37-15-7(25)10(39-42(29,30)31)9(5(2-24)36-15)38-41(26,27)28/h3-5,7-11,14-15,23-25H,1-2H2,(H2,26,27,28)(H2,29,30,31)(H2,32,33,34)(H4,17,18,20,21)/t4-,5-,7-,8-,9-,10-,11-,14-,15-/m1/s1. The van der Waals surface area contributed by atoms with Crippen molar-refractivity contribution in [2.75, 3.05) is 24.7 Å². The van der Waals surface area contributed by atoms with Crippen molar-refractivity contribution in [1.82, 2.24) is 19.5 Å². The van der Waals surface area contributed by atoms with Gasteiger partial charge in [-0.15, -0.1) is 0 Å². The number of phosphoric ester groups is 3. The number of anilines is 2. The Bertz CT molecular complexity index is 1450. The summed E-state index contributed by atoms with van der Waals surface area (Å²) in [6.07, 6.45) is -16.7. The van der Waals surface area contributed by atoms with Crippen LogP contribution in [0.1, 0.15) is 6.23 Å². The maximum absolute atomic E-state index is 12.0. The van der Waals surface area contributed by atoms with Gasteiger partial charge in [0.1, 0.15) is 48.2 Å². The van der Waals surface area contributed by atoms with Gasteiger partial charge < -0.3 is 70.4 Å². The minimum atomic E-state index is -5.53. The first-order valence-corrected chi connectivity index (χ1v) is 16.2. The van der Waals surface area contributed by atoms with Crippen LogP contribution >= 0.6 is 23.5 Å². The van der Waals surface area contributed by atoms with Gasteiger partial charge in [-0.3, -0.25) is 18.1 Å². The van der Waals surface area contributed by atoms with Gasteiger partial charge in [0, 0.05) is 0 Å². The molecule has 13 N–H and O–H groups in total. The van der Waals surface area contributed by atoms with Gasteiger partial charge in [0.25, 0.3) is 0 Å². The molecule has 27 heteroatoms. The third kappa shape index (κ3) is 7.91. The topological polar surface area (TPSA) is 384 Å². The Labute approximate surface area is 238 Å². The summed E-state index contributed by atoms with van der Waals surface area (Å²) in [5.41, 5.74) is 11.3. The maximum atomic E-state index is 12.0. The number of phosphoric acid groups is 3. The molecule has 2 aromatic heterocycles. The fourth-order valence-corrected chi connectivity index (χ4v) is 6.20. The molecule has 0 aromatic carbocycles. The highest BCUT2D eigenvalue weighted by molar-refractivity contribution is 7.46. The maximum Gasteiger partial charge on any atom is 0.470 e. The normalized spacial score (nSPS) is 32.4. The van der Waals surface area contributed by atoms with E-state index in [1.165, 1.54) is 0 Å². The molecule has 2 aliphatic rings. The van der Waals surface area contributed by atoms with Crippen LogP contribution in [-0.2, 0) is 41.5 Å². The second-order valence-corrected chi connectivity index (χ2v) is 12.6. The smallest absolute Gasteiger partial charge is 0.394 e. The number of aliphatic hydroxyl groups is 3. The molecule has 0 saturated carbocycles. The first-order valence-electron chi connectivity index (χ1n) is 11.7. The van der Waals surface area contributed by atoms with Gasteiger partial charge in [0.05, 0.1) is 19.5 Å². The van der Waals surface area contributed by atoms with Crippen LogP contribution < -0.4 is 11.5 Å².